The van der Waals surface area contributed by atoms with Gasteiger partial charge in [-0.3, -0.25) is 4.79 Å². The number of hydrogen-bond acceptors (Lipinski definition) is 3. The quantitative estimate of drug-likeness (QED) is 0.583. The van der Waals surface area contributed by atoms with Crippen LogP contribution in [0.1, 0.15) is 12.8 Å². The maximum atomic E-state index is 13.3. The van der Waals surface area contributed by atoms with Crippen LogP contribution < -0.4 is 5.32 Å². The monoisotopic (exact) mass is 271 g/mol. The fourth-order valence-electron chi connectivity index (χ4n) is 1.35. The highest BCUT2D eigenvalue weighted by molar-refractivity contribution is 7.99. The van der Waals surface area contributed by atoms with Gasteiger partial charge in [0.25, 0.3) is 0 Å². The van der Waals surface area contributed by atoms with Crippen molar-refractivity contribution >= 4 is 17.7 Å². The van der Waals surface area contributed by atoms with Gasteiger partial charge in [-0.15, -0.1) is 11.8 Å². The predicted molar refractivity (Wildman–Crippen MR) is 71.2 cm³/mol. The van der Waals surface area contributed by atoms with Crippen molar-refractivity contribution in [3.05, 3.63) is 30.1 Å². The molecule has 0 unspecified atom stereocenters. The standard InChI is InChI=1S/C13H18FNO2S/c1-17-9-4-8-15-13(16)7-10-18-12-6-3-2-5-11(12)14/h2-3,5-6H,4,7-10H2,1H3,(H,15,16). The molecule has 0 heterocycles. The molecule has 0 bridgehead atoms. The number of halogens is 1. The molecular formula is C13H18FNO2S. The highest BCUT2D eigenvalue weighted by Crippen LogP contribution is 2.21. The number of thioether (sulfide) groups is 1. The Bertz CT molecular complexity index is 374. The summed E-state index contributed by atoms with van der Waals surface area (Å²) >= 11 is 1.36. The topological polar surface area (TPSA) is 38.3 Å². The third kappa shape index (κ3) is 6.02. The Hall–Kier alpha value is -1.07. The highest BCUT2D eigenvalue weighted by atomic mass is 32.2. The van der Waals surface area contributed by atoms with E-state index in [1.54, 1.807) is 25.3 Å². The predicted octanol–water partition coefficient (Wildman–Crippen LogP) is 2.46. The fourth-order valence-corrected chi connectivity index (χ4v) is 2.24. The molecular weight excluding hydrogens is 253 g/mol. The summed E-state index contributed by atoms with van der Waals surface area (Å²) in [6.45, 7) is 1.27. The van der Waals surface area contributed by atoms with Crippen molar-refractivity contribution in [3.8, 4) is 0 Å². The van der Waals surface area contributed by atoms with E-state index in [1.807, 2.05) is 0 Å². The van der Waals surface area contributed by atoms with E-state index >= 15 is 0 Å². The molecule has 0 radical (unpaired) electrons. The summed E-state index contributed by atoms with van der Waals surface area (Å²) < 4.78 is 18.1. The minimum Gasteiger partial charge on any atom is -0.385 e. The molecule has 1 amide bonds. The van der Waals surface area contributed by atoms with Crippen LogP contribution in [-0.2, 0) is 9.53 Å². The van der Waals surface area contributed by atoms with Crippen LogP contribution in [0.2, 0.25) is 0 Å². The Morgan fingerprint density at radius 1 is 1.44 bits per heavy atom. The molecule has 0 aromatic heterocycles. The van der Waals surface area contributed by atoms with Crippen LogP contribution in [0, 0.1) is 5.82 Å². The molecule has 0 saturated heterocycles. The lowest BCUT2D eigenvalue weighted by Gasteiger charge is -2.05. The lowest BCUT2D eigenvalue weighted by molar-refractivity contribution is -0.120. The molecule has 3 nitrogen and oxygen atoms in total. The van der Waals surface area contributed by atoms with E-state index in [1.165, 1.54) is 17.8 Å². The summed E-state index contributed by atoms with van der Waals surface area (Å²) in [4.78, 5) is 12.0. The largest absolute Gasteiger partial charge is 0.385 e. The lowest BCUT2D eigenvalue weighted by atomic mass is 10.3. The number of nitrogens with one attached hydrogen (secondary N) is 1. The van der Waals surface area contributed by atoms with Crippen molar-refractivity contribution in [2.45, 2.75) is 17.7 Å². The van der Waals surface area contributed by atoms with Gasteiger partial charge < -0.3 is 10.1 Å². The summed E-state index contributed by atoms with van der Waals surface area (Å²) in [5.74, 6) is 0.342. The van der Waals surface area contributed by atoms with Crippen molar-refractivity contribution in [2.75, 3.05) is 26.0 Å². The van der Waals surface area contributed by atoms with Crippen LogP contribution in [0.4, 0.5) is 4.39 Å². The minimum atomic E-state index is -0.233. The minimum absolute atomic E-state index is 0.00468. The third-order valence-corrected chi connectivity index (χ3v) is 3.32. The van der Waals surface area contributed by atoms with Gasteiger partial charge in [0.05, 0.1) is 0 Å². The van der Waals surface area contributed by atoms with Crippen LogP contribution in [0.15, 0.2) is 29.2 Å². The molecule has 18 heavy (non-hydrogen) atoms. The Balaban J connectivity index is 2.14. The summed E-state index contributed by atoms with van der Waals surface area (Å²) in [7, 11) is 1.63. The van der Waals surface area contributed by atoms with Gasteiger partial charge in [-0.1, -0.05) is 12.1 Å². The van der Waals surface area contributed by atoms with Gasteiger partial charge in [-0.2, -0.15) is 0 Å². The first-order valence-electron chi connectivity index (χ1n) is 5.87. The molecule has 1 rings (SSSR count). The SMILES string of the molecule is COCCCNC(=O)CCSc1ccccc1F. The van der Waals surface area contributed by atoms with Crippen LogP contribution in [0.5, 0.6) is 0 Å². The van der Waals surface area contributed by atoms with E-state index in [9.17, 15) is 9.18 Å². The van der Waals surface area contributed by atoms with Crippen LogP contribution in [-0.4, -0.2) is 31.9 Å². The normalized spacial score (nSPS) is 10.3. The summed E-state index contributed by atoms with van der Waals surface area (Å²) in [5, 5.41) is 2.79. The summed E-state index contributed by atoms with van der Waals surface area (Å²) in [6, 6.07) is 6.59. The molecule has 0 saturated carbocycles. The van der Waals surface area contributed by atoms with Crippen molar-refractivity contribution in [3.63, 3.8) is 0 Å². The lowest BCUT2D eigenvalue weighted by Crippen LogP contribution is -2.25. The molecule has 0 aliphatic heterocycles. The summed E-state index contributed by atoms with van der Waals surface area (Å²) in [5.41, 5.74) is 0. The first-order valence-corrected chi connectivity index (χ1v) is 6.85. The number of benzene rings is 1. The Morgan fingerprint density at radius 3 is 2.94 bits per heavy atom. The number of hydrogen-bond donors (Lipinski definition) is 1. The van der Waals surface area contributed by atoms with Crippen LogP contribution >= 0.6 is 11.8 Å². The van der Waals surface area contributed by atoms with Crippen molar-refractivity contribution in [1.82, 2.24) is 5.32 Å². The van der Waals surface area contributed by atoms with E-state index < -0.39 is 0 Å². The molecule has 1 N–H and O–H groups in total. The number of methoxy groups -OCH3 is 1. The Kier molecular flexibility index (Phi) is 7.44. The average molecular weight is 271 g/mol. The molecule has 1 aromatic carbocycles. The molecule has 0 atom stereocenters. The smallest absolute Gasteiger partial charge is 0.220 e. The number of amides is 1. The van der Waals surface area contributed by atoms with Gasteiger partial charge in [0.15, 0.2) is 0 Å². The second-order valence-corrected chi connectivity index (χ2v) is 4.86. The van der Waals surface area contributed by atoms with E-state index in [2.05, 4.69) is 5.32 Å². The van der Waals surface area contributed by atoms with E-state index in [0.717, 1.165) is 6.42 Å². The highest BCUT2D eigenvalue weighted by Gasteiger charge is 2.04. The van der Waals surface area contributed by atoms with Crippen LogP contribution in [0.3, 0.4) is 0 Å². The molecule has 0 spiro atoms. The van der Waals surface area contributed by atoms with Gasteiger partial charge in [0.1, 0.15) is 5.82 Å². The molecule has 100 valence electrons. The zero-order valence-electron chi connectivity index (χ0n) is 10.4. The van der Waals surface area contributed by atoms with E-state index in [4.69, 9.17) is 4.74 Å². The third-order valence-electron chi connectivity index (χ3n) is 2.27. The molecule has 0 aliphatic carbocycles. The number of ether oxygens (including phenoxy) is 1. The Morgan fingerprint density at radius 2 is 2.22 bits per heavy atom. The van der Waals surface area contributed by atoms with Gasteiger partial charge >= 0.3 is 0 Å². The zero-order chi connectivity index (χ0) is 13.2. The Labute approximate surface area is 111 Å². The van der Waals surface area contributed by atoms with Gasteiger partial charge in [0, 0.05) is 37.3 Å². The summed E-state index contributed by atoms with van der Waals surface area (Å²) in [6.07, 6.45) is 1.20. The molecule has 1 aromatic rings. The van der Waals surface area contributed by atoms with Gasteiger partial charge in [0.2, 0.25) is 5.91 Å². The zero-order valence-corrected chi connectivity index (χ0v) is 11.3. The second-order valence-electron chi connectivity index (χ2n) is 3.73. The first-order chi connectivity index (χ1) is 8.74. The van der Waals surface area contributed by atoms with E-state index in [0.29, 0.717) is 30.2 Å². The number of carbonyl (C=O) groups excluding carboxylic acids is 1. The maximum absolute atomic E-state index is 13.3. The molecule has 5 heteroatoms. The fraction of sp³-hybridized carbons (Fsp3) is 0.462. The molecule has 0 aliphatic rings. The first kappa shape index (κ1) is 15.0. The number of rotatable bonds is 8. The average Bonchev–Trinajstić information content (AvgIpc) is 2.37. The van der Waals surface area contributed by atoms with E-state index in [-0.39, 0.29) is 11.7 Å². The second kappa shape index (κ2) is 8.94. The number of carbonyl (C=O) groups is 1. The van der Waals surface area contributed by atoms with Crippen molar-refractivity contribution in [2.24, 2.45) is 0 Å². The van der Waals surface area contributed by atoms with Crippen LogP contribution in [0.25, 0.3) is 0 Å². The molecule has 0 fully saturated rings. The maximum Gasteiger partial charge on any atom is 0.220 e. The van der Waals surface area contributed by atoms with Crippen molar-refractivity contribution in [1.29, 1.82) is 0 Å². The van der Waals surface area contributed by atoms with Gasteiger partial charge in [-0.05, 0) is 18.6 Å². The van der Waals surface area contributed by atoms with Crippen molar-refractivity contribution < 1.29 is 13.9 Å². The van der Waals surface area contributed by atoms with Gasteiger partial charge in [-0.25, -0.2) is 4.39 Å².